The van der Waals surface area contributed by atoms with Gasteiger partial charge in [-0.3, -0.25) is 0 Å². The van der Waals surface area contributed by atoms with E-state index in [1.807, 2.05) is 0 Å². The summed E-state index contributed by atoms with van der Waals surface area (Å²) in [7, 11) is 0. The van der Waals surface area contributed by atoms with E-state index in [1.54, 1.807) is 6.92 Å². The molecule has 1 aromatic rings. The highest BCUT2D eigenvalue weighted by atomic mass is 19.1. The fraction of sp³-hybridized carbons (Fsp3) is 0.462. The Bertz CT molecular complexity index is 461. The van der Waals surface area contributed by atoms with E-state index >= 15 is 0 Å². The van der Waals surface area contributed by atoms with Crippen LogP contribution in [0.15, 0.2) is 18.2 Å². The SMILES string of the molecule is Cc1cc(F)ccc1C(O)C1(C#N)CCOC1. The highest BCUT2D eigenvalue weighted by Crippen LogP contribution is 2.41. The summed E-state index contributed by atoms with van der Waals surface area (Å²) in [5.74, 6) is -0.341. The Labute approximate surface area is 99.4 Å². The fourth-order valence-electron chi connectivity index (χ4n) is 2.19. The van der Waals surface area contributed by atoms with Crippen LogP contribution in [-0.2, 0) is 4.74 Å². The summed E-state index contributed by atoms with van der Waals surface area (Å²) >= 11 is 0. The van der Waals surface area contributed by atoms with E-state index in [2.05, 4.69) is 6.07 Å². The Morgan fingerprint density at radius 1 is 1.59 bits per heavy atom. The lowest BCUT2D eigenvalue weighted by Crippen LogP contribution is -2.28. The summed E-state index contributed by atoms with van der Waals surface area (Å²) in [6.07, 6.45) is -0.433. The van der Waals surface area contributed by atoms with E-state index in [1.165, 1.54) is 18.2 Å². The van der Waals surface area contributed by atoms with Gasteiger partial charge in [0, 0.05) is 6.61 Å². The average molecular weight is 235 g/mol. The molecule has 0 aliphatic carbocycles. The number of nitriles is 1. The number of ether oxygens (including phenoxy) is 1. The second-order valence-corrected chi connectivity index (χ2v) is 4.47. The van der Waals surface area contributed by atoms with Crippen LogP contribution in [-0.4, -0.2) is 18.3 Å². The summed E-state index contributed by atoms with van der Waals surface area (Å²) in [5.41, 5.74) is 0.347. The van der Waals surface area contributed by atoms with E-state index < -0.39 is 11.5 Å². The Morgan fingerprint density at radius 2 is 2.35 bits per heavy atom. The van der Waals surface area contributed by atoms with Gasteiger partial charge >= 0.3 is 0 Å². The lowest BCUT2D eigenvalue weighted by molar-refractivity contribution is 0.0499. The standard InChI is InChI=1S/C13H14FNO2/c1-9-6-10(14)2-3-11(9)12(16)13(7-15)4-5-17-8-13/h2-3,6,12,16H,4-5,8H2,1H3. The molecule has 0 saturated carbocycles. The third kappa shape index (κ3) is 2.04. The Hall–Kier alpha value is -1.44. The highest BCUT2D eigenvalue weighted by Gasteiger charge is 2.43. The normalized spacial score (nSPS) is 25.5. The number of aryl methyl sites for hydroxylation is 1. The monoisotopic (exact) mass is 235 g/mol. The maximum absolute atomic E-state index is 13.0. The molecule has 1 saturated heterocycles. The van der Waals surface area contributed by atoms with Crippen molar-refractivity contribution < 1.29 is 14.2 Å². The second kappa shape index (κ2) is 4.44. The van der Waals surface area contributed by atoms with Gasteiger partial charge in [-0.2, -0.15) is 5.26 Å². The number of rotatable bonds is 2. The van der Waals surface area contributed by atoms with Crippen molar-refractivity contribution in [2.75, 3.05) is 13.2 Å². The van der Waals surface area contributed by atoms with Crippen molar-refractivity contribution in [3.05, 3.63) is 35.1 Å². The lowest BCUT2D eigenvalue weighted by Gasteiger charge is -2.26. The maximum Gasteiger partial charge on any atom is 0.123 e. The molecule has 1 heterocycles. The van der Waals surface area contributed by atoms with Crippen LogP contribution in [0.3, 0.4) is 0 Å². The predicted octanol–water partition coefficient (Wildman–Crippen LogP) is 2.10. The van der Waals surface area contributed by atoms with Gasteiger partial charge in [0.2, 0.25) is 0 Å². The zero-order chi connectivity index (χ0) is 12.5. The van der Waals surface area contributed by atoms with E-state index in [4.69, 9.17) is 4.74 Å². The van der Waals surface area contributed by atoms with Gasteiger partial charge in [0.1, 0.15) is 17.3 Å². The number of hydrogen-bond donors (Lipinski definition) is 1. The molecule has 4 heteroatoms. The van der Waals surface area contributed by atoms with Crippen molar-refractivity contribution in [1.29, 1.82) is 5.26 Å². The van der Waals surface area contributed by atoms with Crippen LogP contribution in [0.25, 0.3) is 0 Å². The van der Waals surface area contributed by atoms with Crippen molar-refractivity contribution in [3.8, 4) is 6.07 Å². The molecule has 2 atom stereocenters. The first-order valence-corrected chi connectivity index (χ1v) is 5.52. The van der Waals surface area contributed by atoms with Crippen LogP contribution >= 0.6 is 0 Å². The van der Waals surface area contributed by atoms with Gasteiger partial charge in [0.15, 0.2) is 0 Å². The van der Waals surface area contributed by atoms with Crippen LogP contribution in [0.2, 0.25) is 0 Å². The number of nitrogens with zero attached hydrogens (tertiary/aromatic N) is 1. The first-order chi connectivity index (χ1) is 8.09. The minimum Gasteiger partial charge on any atom is -0.387 e. The first kappa shape index (κ1) is 12.0. The molecule has 0 spiro atoms. The Kier molecular flexibility index (Phi) is 3.14. The quantitative estimate of drug-likeness (QED) is 0.854. The smallest absolute Gasteiger partial charge is 0.123 e. The summed E-state index contributed by atoms with van der Waals surface area (Å²) in [5, 5.41) is 19.5. The molecular weight excluding hydrogens is 221 g/mol. The zero-order valence-corrected chi connectivity index (χ0v) is 9.61. The van der Waals surface area contributed by atoms with E-state index in [-0.39, 0.29) is 12.4 Å². The van der Waals surface area contributed by atoms with Crippen molar-refractivity contribution >= 4 is 0 Å². The molecule has 1 N–H and O–H groups in total. The molecule has 17 heavy (non-hydrogen) atoms. The van der Waals surface area contributed by atoms with Gasteiger partial charge in [-0.1, -0.05) is 6.07 Å². The van der Waals surface area contributed by atoms with Gasteiger partial charge < -0.3 is 9.84 Å². The molecule has 1 aromatic carbocycles. The zero-order valence-electron chi connectivity index (χ0n) is 9.61. The van der Waals surface area contributed by atoms with Crippen LogP contribution in [0.1, 0.15) is 23.7 Å². The topological polar surface area (TPSA) is 53.2 Å². The third-order valence-corrected chi connectivity index (χ3v) is 3.32. The van der Waals surface area contributed by atoms with Gasteiger partial charge in [-0.25, -0.2) is 4.39 Å². The number of aliphatic hydroxyl groups is 1. The number of benzene rings is 1. The third-order valence-electron chi connectivity index (χ3n) is 3.32. The summed E-state index contributed by atoms with van der Waals surface area (Å²) < 4.78 is 18.2. The van der Waals surface area contributed by atoms with Gasteiger partial charge in [0.05, 0.1) is 12.7 Å². The summed E-state index contributed by atoms with van der Waals surface area (Å²) in [6, 6.07) is 6.34. The molecule has 90 valence electrons. The van der Waals surface area contributed by atoms with Crippen LogP contribution in [0.5, 0.6) is 0 Å². The molecule has 0 amide bonds. The second-order valence-electron chi connectivity index (χ2n) is 4.47. The summed E-state index contributed by atoms with van der Waals surface area (Å²) in [6.45, 7) is 2.43. The average Bonchev–Trinajstić information content (AvgIpc) is 2.78. The predicted molar refractivity (Wildman–Crippen MR) is 59.6 cm³/mol. The minimum absolute atomic E-state index is 0.224. The van der Waals surface area contributed by atoms with E-state index in [0.29, 0.717) is 24.2 Å². The largest absolute Gasteiger partial charge is 0.387 e. The molecule has 2 unspecified atom stereocenters. The highest BCUT2D eigenvalue weighted by molar-refractivity contribution is 5.32. The summed E-state index contributed by atoms with van der Waals surface area (Å²) in [4.78, 5) is 0. The first-order valence-electron chi connectivity index (χ1n) is 5.52. The molecule has 2 rings (SSSR count). The van der Waals surface area contributed by atoms with Crippen LogP contribution in [0.4, 0.5) is 4.39 Å². The lowest BCUT2D eigenvalue weighted by atomic mass is 9.78. The molecule has 1 aliphatic rings. The van der Waals surface area contributed by atoms with Crippen molar-refractivity contribution in [2.24, 2.45) is 5.41 Å². The molecule has 0 radical (unpaired) electrons. The Balaban J connectivity index is 2.36. The van der Waals surface area contributed by atoms with Gasteiger partial charge in [-0.05, 0) is 36.6 Å². The molecule has 3 nitrogen and oxygen atoms in total. The van der Waals surface area contributed by atoms with Crippen LogP contribution in [0, 0.1) is 29.5 Å². The van der Waals surface area contributed by atoms with Crippen molar-refractivity contribution in [1.82, 2.24) is 0 Å². The molecular formula is C13H14FNO2. The van der Waals surface area contributed by atoms with Crippen molar-refractivity contribution in [3.63, 3.8) is 0 Å². The van der Waals surface area contributed by atoms with Gasteiger partial charge in [-0.15, -0.1) is 0 Å². The fourth-order valence-corrected chi connectivity index (χ4v) is 2.19. The molecule has 0 aromatic heterocycles. The molecule has 1 aliphatic heterocycles. The Morgan fingerprint density at radius 3 is 2.88 bits per heavy atom. The number of halogens is 1. The van der Waals surface area contributed by atoms with Crippen LogP contribution < -0.4 is 0 Å². The van der Waals surface area contributed by atoms with E-state index in [9.17, 15) is 14.8 Å². The van der Waals surface area contributed by atoms with Crippen molar-refractivity contribution in [2.45, 2.75) is 19.4 Å². The molecule has 0 bridgehead atoms. The van der Waals surface area contributed by atoms with E-state index in [0.717, 1.165) is 0 Å². The van der Waals surface area contributed by atoms with Gasteiger partial charge in [0.25, 0.3) is 0 Å². The maximum atomic E-state index is 13.0. The molecule has 1 fully saturated rings. The number of aliphatic hydroxyl groups excluding tert-OH is 1. The number of hydrogen-bond acceptors (Lipinski definition) is 3. The minimum atomic E-state index is -0.935.